The SMILES string of the molecule is CCCCCCCCCCCCCCCCCCCCCCCCCC(=O)OC(COC(=O)CCCCCCC)COP(=O)(O)O. The molecule has 0 aliphatic carbocycles. The minimum atomic E-state index is -4.73. The fourth-order valence-corrected chi connectivity index (χ4v) is 6.09. The third-order valence-electron chi connectivity index (χ3n) is 8.63. The summed E-state index contributed by atoms with van der Waals surface area (Å²) in [6.45, 7) is 3.60. The number of carbonyl (C=O) groups is 2. The quantitative estimate of drug-likeness (QED) is 0.0382. The molecule has 2 N–H and O–H groups in total. The van der Waals surface area contributed by atoms with Crippen LogP contribution in [0.4, 0.5) is 0 Å². The van der Waals surface area contributed by atoms with E-state index in [9.17, 15) is 14.2 Å². The highest BCUT2D eigenvalue weighted by Crippen LogP contribution is 2.36. The Balaban J connectivity index is 3.68. The highest BCUT2D eigenvalue weighted by Gasteiger charge is 2.22. The predicted octanol–water partition coefficient (Wildman–Crippen LogP) is 11.3. The lowest BCUT2D eigenvalue weighted by Gasteiger charge is -2.18. The monoisotopic (exact) mass is 677 g/mol. The average Bonchev–Trinajstić information content (AvgIpc) is 3.02. The molecule has 0 saturated heterocycles. The summed E-state index contributed by atoms with van der Waals surface area (Å²) in [4.78, 5) is 42.3. The number of ether oxygens (including phenoxy) is 2. The summed E-state index contributed by atoms with van der Waals surface area (Å²) in [6.07, 6.45) is 34.6. The summed E-state index contributed by atoms with van der Waals surface area (Å²) in [5.74, 6) is -0.887. The van der Waals surface area contributed by atoms with Crippen LogP contribution in [-0.4, -0.2) is 41.0 Å². The van der Waals surface area contributed by atoms with Gasteiger partial charge in [-0.1, -0.05) is 181 Å². The normalized spacial score (nSPS) is 12.3. The zero-order valence-corrected chi connectivity index (χ0v) is 30.9. The molecule has 46 heavy (non-hydrogen) atoms. The third-order valence-corrected chi connectivity index (χ3v) is 9.11. The van der Waals surface area contributed by atoms with Crippen LogP contribution in [-0.2, 0) is 28.2 Å². The van der Waals surface area contributed by atoms with E-state index in [1.165, 1.54) is 128 Å². The molecule has 0 aromatic carbocycles. The molecule has 0 radical (unpaired) electrons. The number of hydrogen-bond donors (Lipinski definition) is 2. The summed E-state index contributed by atoms with van der Waals surface area (Å²) in [7, 11) is -4.73. The molecule has 0 bridgehead atoms. The molecule has 274 valence electrons. The Labute approximate surface area is 283 Å². The molecule has 9 heteroatoms. The second-order valence-electron chi connectivity index (χ2n) is 13.3. The predicted molar refractivity (Wildman–Crippen MR) is 189 cm³/mol. The minimum Gasteiger partial charge on any atom is -0.462 e. The summed E-state index contributed by atoms with van der Waals surface area (Å²) in [5, 5.41) is 0. The summed E-state index contributed by atoms with van der Waals surface area (Å²) < 4.78 is 26.1. The first-order chi connectivity index (χ1) is 22.3. The van der Waals surface area contributed by atoms with Gasteiger partial charge in [0, 0.05) is 12.8 Å². The van der Waals surface area contributed by atoms with E-state index in [4.69, 9.17) is 19.3 Å². The Morgan fingerprint density at radius 3 is 1.11 bits per heavy atom. The van der Waals surface area contributed by atoms with E-state index in [1.54, 1.807) is 0 Å². The van der Waals surface area contributed by atoms with E-state index in [2.05, 4.69) is 18.4 Å². The van der Waals surface area contributed by atoms with Crippen LogP contribution in [0.5, 0.6) is 0 Å². The van der Waals surface area contributed by atoms with Gasteiger partial charge in [0.1, 0.15) is 6.61 Å². The molecule has 0 fully saturated rings. The number of rotatable bonds is 36. The van der Waals surface area contributed by atoms with Crippen molar-refractivity contribution in [3.63, 3.8) is 0 Å². The maximum atomic E-state index is 12.3. The molecule has 8 nitrogen and oxygen atoms in total. The maximum Gasteiger partial charge on any atom is 0.469 e. The molecule has 0 heterocycles. The first kappa shape index (κ1) is 45.0. The van der Waals surface area contributed by atoms with Crippen LogP contribution >= 0.6 is 7.82 Å². The van der Waals surface area contributed by atoms with Crippen molar-refractivity contribution in [2.75, 3.05) is 13.2 Å². The van der Waals surface area contributed by atoms with Crippen molar-refractivity contribution in [2.45, 2.75) is 213 Å². The zero-order chi connectivity index (χ0) is 34.0. The van der Waals surface area contributed by atoms with Gasteiger partial charge < -0.3 is 19.3 Å². The van der Waals surface area contributed by atoms with E-state index >= 15 is 0 Å². The van der Waals surface area contributed by atoms with Crippen LogP contribution < -0.4 is 0 Å². The van der Waals surface area contributed by atoms with Crippen molar-refractivity contribution >= 4 is 19.8 Å². The van der Waals surface area contributed by atoms with E-state index in [-0.39, 0.29) is 19.4 Å². The molecule has 0 aromatic heterocycles. The molecule has 0 aromatic rings. The first-order valence-corrected chi connectivity index (χ1v) is 20.9. The molecule has 0 aliphatic heterocycles. The number of carbonyl (C=O) groups excluding carboxylic acids is 2. The van der Waals surface area contributed by atoms with Crippen LogP contribution in [0.25, 0.3) is 0 Å². The molecule has 1 unspecified atom stereocenters. The summed E-state index contributed by atoms with van der Waals surface area (Å²) in [5.41, 5.74) is 0. The van der Waals surface area contributed by atoms with Crippen molar-refractivity contribution in [2.24, 2.45) is 0 Å². The molecular weight excluding hydrogens is 603 g/mol. The van der Waals surface area contributed by atoms with Gasteiger partial charge in [0.25, 0.3) is 0 Å². The van der Waals surface area contributed by atoms with E-state index in [0.29, 0.717) is 6.42 Å². The van der Waals surface area contributed by atoms with Crippen LogP contribution in [0, 0.1) is 0 Å². The number of esters is 2. The van der Waals surface area contributed by atoms with Crippen LogP contribution in [0.1, 0.15) is 206 Å². The topological polar surface area (TPSA) is 119 Å². The fraction of sp³-hybridized carbons (Fsp3) is 0.946. The zero-order valence-electron chi connectivity index (χ0n) is 30.0. The van der Waals surface area contributed by atoms with E-state index in [0.717, 1.165) is 44.9 Å². The van der Waals surface area contributed by atoms with Crippen molar-refractivity contribution in [1.82, 2.24) is 0 Å². The lowest BCUT2D eigenvalue weighted by Crippen LogP contribution is -2.29. The molecule has 0 amide bonds. The van der Waals surface area contributed by atoms with E-state index in [1.807, 2.05) is 0 Å². The third kappa shape index (κ3) is 35.9. The highest BCUT2D eigenvalue weighted by atomic mass is 31.2. The van der Waals surface area contributed by atoms with Gasteiger partial charge in [-0.2, -0.15) is 0 Å². The Hall–Kier alpha value is -0.950. The standard InChI is InChI=1S/C37H73O8P/c1-3-5-7-9-10-11-12-13-14-15-16-17-18-19-20-21-22-23-24-25-26-28-30-32-37(39)45-35(34-44-46(40,41)42)33-43-36(38)31-29-27-8-6-4-2/h35H,3-34H2,1-2H3,(H2,40,41,42). The number of unbranched alkanes of at least 4 members (excludes halogenated alkanes) is 26. The van der Waals surface area contributed by atoms with Gasteiger partial charge in [0.2, 0.25) is 0 Å². The molecule has 0 aliphatic rings. The Morgan fingerprint density at radius 1 is 0.478 bits per heavy atom. The molecule has 0 saturated carbocycles. The molecule has 0 rings (SSSR count). The van der Waals surface area contributed by atoms with Gasteiger partial charge in [-0.25, -0.2) is 4.57 Å². The minimum absolute atomic E-state index is 0.219. The second-order valence-corrected chi connectivity index (χ2v) is 14.5. The van der Waals surface area contributed by atoms with Gasteiger partial charge in [0.15, 0.2) is 6.10 Å². The van der Waals surface area contributed by atoms with Gasteiger partial charge in [-0.15, -0.1) is 0 Å². The smallest absolute Gasteiger partial charge is 0.462 e. The molecule has 0 spiro atoms. The van der Waals surface area contributed by atoms with E-state index < -0.39 is 32.5 Å². The van der Waals surface area contributed by atoms with Gasteiger partial charge in [-0.05, 0) is 12.8 Å². The highest BCUT2D eigenvalue weighted by molar-refractivity contribution is 7.46. The lowest BCUT2D eigenvalue weighted by atomic mass is 10.0. The summed E-state index contributed by atoms with van der Waals surface area (Å²) >= 11 is 0. The van der Waals surface area contributed by atoms with Crippen molar-refractivity contribution in [3.05, 3.63) is 0 Å². The molecular formula is C37H73O8P. The van der Waals surface area contributed by atoms with Gasteiger partial charge in [0.05, 0.1) is 6.61 Å². The van der Waals surface area contributed by atoms with Crippen molar-refractivity contribution in [1.29, 1.82) is 0 Å². The number of phosphoric acid groups is 1. The van der Waals surface area contributed by atoms with Crippen LogP contribution in [0.15, 0.2) is 0 Å². The van der Waals surface area contributed by atoms with Crippen molar-refractivity contribution < 1.29 is 37.9 Å². The van der Waals surface area contributed by atoms with Crippen molar-refractivity contribution in [3.8, 4) is 0 Å². The lowest BCUT2D eigenvalue weighted by molar-refractivity contribution is -0.161. The van der Waals surface area contributed by atoms with Gasteiger partial charge in [-0.3, -0.25) is 14.1 Å². The first-order valence-electron chi connectivity index (χ1n) is 19.3. The summed E-state index contributed by atoms with van der Waals surface area (Å²) in [6, 6.07) is 0. The van der Waals surface area contributed by atoms with Crippen LogP contribution in [0.2, 0.25) is 0 Å². The fourth-order valence-electron chi connectivity index (χ4n) is 5.73. The van der Waals surface area contributed by atoms with Crippen LogP contribution in [0.3, 0.4) is 0 Å². The Kier molecular flexibility index (Phi) is 33.2. The number of phosphoric ester groups is 1. The van der Waals surface area contributed by atoms with Gasteiger partial charge >= 0.3 is 19.8 Å². The average molecular weight is 677 g/mol. The Bertz CT molecular complexity index is 726. The maximum absolute atomic E-state index is 12.3. The Morgan fingerprint density at radius 2 is 0.783 bits per heavy atom. The molecule has 1 atom stereocenters. The largest absolute Gasteiger partial charge is 0.469 e. The number of hydrogen-bond acceptors (Lipinski definition) is 6. The second kappa shape index (κ2) is 33.9.